The molecule has 10 nitrogen and oxygen atoms in total. The van der Waals surface area contributed by atoms with Gasteiger partial charge in [0.25, 0.3) is 15.9 Å². The van der Waals surface area contributed by atoms with Crippen LogP contribution in [0.15, 0.2) is 53.4 Å². The normalized spacial score (nSPS) is 12.1. The Morgan fingerprint density at radius 2 is 1.88 bits per heavy atom. The number of hydrogen-bond donors (Lipinski definition) is 3. The molecule has 1 heterocycles. The number of nitrogens with one attached hydrogen (secondary N) is 2. The molecule has 0 spiro atoms. The van der Waals surface area contributed by atoms with E-state index >= 15 is 0 Å². The molecule has 0 radical (unpaired) electrons. The first-order valence-corrected chi connectivity index (χ1v) is 11.8. The number of nitrogens with two attached hydrogens (primary N) is 1. The number of hydrogen-bond acceptors (Lipinski definition) is 9. The molecule has 0 bridgehead atoms. The molecule has 3 rings (SSSR count). The Balaban J connectivity index is 1.64. The number of aryl methyl sites for hydroxylation is 1. The van der Waals surface area contributed by atoms with E-state index < -0.39 is 28.0 Å². The van der Waals surface area contributed by atoms with Gasteiger partial charge in [-0.3, -0.25) is 9.52 Å². The van der Waals surface area contributed by atoms with Crippen molar-refractivity contribution in [3.63, 3.8) is 0 Å². The Labute approximate surface area is 188 Å². The van der Waals surface area contributed by atoms with Crippen molar-refractivity contribution >= 4 is 49.7 Å². The van der Waals surface area contributed by atoms with Crippen molar-refractivity contribution in [1.29, 1.82) is 0 Å². The SMILES string of the molecule is CCC(OC(=O)c1cccc(N)c1)C(=O)Nc1ccc(S(=O)(=O)Nc2nnc(C)s2)cc1. The number of rotatable bonds is 8. The molecule has 4 N–H and O–H groups in total. The maximum absolute atomic E-state index is 12.5. The molecule has 3 aromatic rings. The van der Waals surface area contributed by atoms with E-state index in [1.165, 1.54) is 30.3 Å². The highest BCUT2D eigenvalue weighted by Crippen LogP contribution is 2.21. The molecule has 0 saturated heterocycles. The van der Waals surface area contributed by atoms with Crippen molar-refractivity contribution < 1.29 is 22.7 Å². The summed E-state index contributed by atoms with van der Waals surface area (Å²) in [5.74, 6) is -1.21. The third-order valence-corrected chi connectivity index (χ3v) is 6.45. The molecule has 12 heteroatoms. The largest absolute Gasteiger partial charge is 0.449 e. The molecule has 1 aromatic heterocycles. The van der Waals surface area contributed by atoms with Crippen molar-refractivity contribution in [2.24, 2.45) is 0 Å². The Bertz CT molecular complexity index is 1230. The Morgan fingerprint density at radius 1 is 1.16 bits per heavy atom. The predicted octanol–water partition coefficient (Wildman–Crippen LogP) is 2.80. The van der Waals surface area contributed by atoms with E-state index in [0.29, 0.717) is 16.4 Å². The number of benzene rings is 2. The highest BCUT2D eigenvalue weighted by molar-refractivity contribution is 7.93. The number of nitrogens with zero attached hydrogens (tertiary/aromatic N) is 2. The van der Waals surface area contributed by atoms with Gasteiger partial charge in [-0.05, 0) is 55.8 Å². The lowest BCUT2D eigenvalue weighted by Crippen LogP contribution is -2.32. The number of aromatic nitrogens is 2. The van der Waals surface area contributed by atoms with Crippen molar-refractivity contribution in [2.75, 3.05) is 15.8 Å². The summed E-state index contributed by atoms with van der Waals surface area (Å²) in [6.45, 7) is 3.41. The predicted molar refractivity (Wildman–Crippen MR) is 121 cm³/mol. The van der Waals surface area contributed by atoms with Crippen LogP contribution in [0.3, 0.4) is 0 Å². The molecule has 0 saturated carbocycles. The molecular weight excluding hydrogens is 454 g/mol. The first-order valence-electron chi connectivity index (χ1n) is 9.48. The highest BCUT2D eigenvalue weighted by Gasteiger charge is 2.23. The lowest BCUT2D eigenvalue weighted by molar-refractivity contribution is -0.124. The van der Waals surface area contributed by atoms with Crippen molar-refractivity contribution in [3.8, 4) is 0 Å². The van der Waals surface area contributed by atoms with Gasteiger partial charge in [0.2, 0.25) is 5.13 Å². The Morgan fingerprint density at radius 3 is 2.47 bits per heavy atom. The average Bonchev–Trinajstić information content (AvgIpc) is 3.15. The minimum Gasteiger partial charge on any atom is -0.449 e. The molecule has 1 unspecified atom stereocenters. The summed E-state index contributed by atoms with van der Waals surface area (Å²) >= 11 is 1.11. The van der Waals surface area contributed by atoms with Crippen molar-refractivity contribution in [2.45, 2.75) is 31.3 Å². The van der Waals surface area contributed by atoms with E-state index in [9.17, 15) is 18.0 Å². The van der Waals surface area contributed by atoms with Gasteiger partial charge in [0.15, 0.2) is 6.10 Å². The molecule has 0 aliphatic rings. The standard InChI is InChI=1S/C20H21N5O5S2/c1-3-17(30-19(27)13-5-4-6-14(21)11-13)18(26)22-15-7-9-16(10-8-15)32(28,29)25-20-24-23-12(2)31-20/h4-11,17H,3,21H2,1-2H3,(H,22,26)(H,24,25). The van der Waals surface area contributed by atoms with Crippen LogP contribution in [0.25, 0.3) is 0 Å². The van der Waals surface area contributed by atoms with Crippen LogP contribution in [0.1, 0.15) is 28.7 Å². The zero-order valence-corrected chi connectivity index (χ0v) is 18.9. The summed E-state index contributed by atoms with van der Waals surface area (Å²) in [6.07, 6.45) is -0.785. The monoisotopic (exact) mass is 475 g/mol. The second-order valence-corrected chi connectivity index (χ2v) is 9.54. The van der Waals surface area contributed by atoms with Gasteiger partial charge in [-0.15, -0.1) is 10.2 Å². The van der Waals surface area contributed by atoms with Crippen molar-refractivity contribution in [1.82, 2.24) is 10.2 Å². The summed E-state index contributed by atoms with van der Waals surface area (Å²) in [5, 5.41) is 10.9. The van der Waals surface area contributed by atoms with Gasteiger partial charge in [-0.1, -0.05) is 24.3 Å². The number of nitrogen functional groups attached to an aromatic ring is 1. The van der Waals surface area contributed by atoms with E-state index in [0.717, 1.165) is 11.3 Å². The first kappa shape index (κ1) is 23.2. The Hall–Kier alpha value is -3.51. The molecule has 0 aliphatic heterocycles. The maximum Gasteiger partial charge on any atom is 0.338 e. The van der Waals surface area contributed by atoms with E-state index in [4.69, 9.17) is 10.5 Å². The van der Waals surface area contributed by atoms with Crippen LogP contribution in [0.2, 0.25) is 0 Å². The fourth-order valence-corrected chi connectivity index (χ4v) is 4.46. The molecule has 32 heavy (non-hydrogen) atoms. The Kier molecular flexibility index (Phi) is 7.05. The molecule has 2 aromatic carbocycles. The first-order chi connectivity index (χ1) is 15.2. The third kappa shape index (κ3) is 5.80. The second-order valence-electron chi connectivity index (χ2n) is 6.67. The van der Waals surface area contributed by atoms with Gasteiger partial charge in [-0.2, -0.15) is 0 Å². The minimum absolute atomic E-state index is 0.0107. The molecule has 1 amide bonds. The number of anilines is 3. The second kappa shape index (κ2) is 9.75. The molecular formula is C20H21N5O5S2. The topological polar surface area (TPSA) is 153 Å². The summed E-state index contributed by atoms with van der Waals surface area (Å²) in [7, 11) is -3.85. The van der Waals surface area contributed by atoms with Crippen LogP contribution in [0.4, 0.5) is 16.5 Å². The molecule has 1 atom stereocenters. The average molecular weight is 476 g/mol. The molecule has 0 fully saturated rings. The number of amides is 1. The third-order valence-electron chi connectivity index (χ3n) is 4.21. The van der Waals surface area contributed by atoms with Crippen LogP contribution >= 0.6 is 11.3 Å². The fourth-order valence-electron chi connectivity index (χ4n) is 2.64. The van der Waals surface area contributed by atoms with Crippen molar-refractivity contribution in [3.05, 3.63) is 59.1 Å². The van der Waals surface area contributed by atoms with E-state index in [2.05, 4.69) is 20.2 Å². The van der Waals surface area contributed by atoms with Crippen LogP contribution in [-0.2, 0) is 19.6 Å². The fraction of sp³-hybridized carbons (Fsp3) is 0.200. The summed E-state index contributed by atoms with van der Waals surface area (Å²) in [4.78, 5) is 24.8. The minimum atomic E-state index is -3.85. The van der Waals surface area contributed by atoms with Gasteiger partial charge < -0.3 is 15.8 Å². The van der Waals surface area contributed by atoms with Crippen LogP contribution in [-0.4, -0.2) is 36.6 Å². The number of sulfonamides is 1. The quantitative estimate of drug-likeness (QED) is 0.332. The van der Waals surface area contributed by atoms with Gasteiger partial charge in [0, 0.05) is 11.4 Å². The summed E-state index contributed by atoms with van der Waals surface area (Å²) in [6, 6.07) is 11.8. The molecule has 0 aliphatic carbocycles. The van der Waals surface area contributed by atoms with Crippen LogP contribution in [0.5, 0.6) is 0 Å². The zero-order valence-electron chi connectivity index (χ0n) is 17.2. The highest BCUT2D eigenvalue weighted by atomic mass is 32.2. The van der Waals surface area contributed by atoms with Gasteiger partial charge in [0.1, 0.15) is 5.01 Å². The van der Waals surface area contributed by atoms with Crippen LogP contribution < -0.4 is 15.8 Å². The van der Waals surface area contributed by atoms with E-state index in [1.807, 2.05) is 0 Å². The number of carbonyl (C=O) groups excluding carboxylic acids is 2. The van der Waals surface area contributed by atoms with Gasteiger partial charge >= 0.3 is 5.97 Å². The lowest BCUT2D eigenvalue weighted by atomic mass is 10.2. The summed E-state index contributed by atoms with van der Waals surface area (Å²) < 4.78 is 32.6. The van der Waals surface area contributed by atoms with Gasteiger partial charge in [-0.25, -0.2) is 13.2 Å². The number of esters is 1. The van der Waals surface area contributed by atoms with Crippen LogP contribution in [0, 0.1) is 6.92 Å². The van der Waals surface area contributed by atoms with E-state index in [-0.39, 0.29) is 22.0 Å². The van der Waals surface area contributed by atoms with Gasteiger partial charge in [0.05, 0.1) is 10.5 Å². The lowest BCUT2D eigenvalue weighted by Gasteiger charge is -2.16. The molecule has 168 valence electrons. The summed E-state index contributed by atoms with van der Waals surface area (Å²) in [5.41, 5.74) is 6.66. The maximum atomic E-state index is 12.5. The zero-order chi connectivity index (χ0) is 23.3. The van der Waals surface area contributed by atoms with E-state index in [1.54, 1.807) is 32.0 Å². The number of carbonyl (C=O) groups is 2. The number of ether oxygens (including phenoxy) is 1. The smallest absolute Gasteiger partial charge is 0.338 e.